The molecule has 15 heteroatoms. The number of hydrazine groups is 1. The van der Waals surface area contributed by atoms with Crippen molar-refractivity contribution in [3.05, 3.63) is 134 Å². The molecule has 0 aliphatic carbocycles. The van der Waals surface area contributed by atoms with Crippen molar-refractivity contribution in [2.45, 2.75) is 12.2 Å². The van der Waals surface area contributed by atoms with E-state index in [0.29, 0.717) is 21.3 Å². The minimum absolute atomic E-state index is 0.0217. The Kier molecular flexibility index (Phi) is 11.5. The van der Waals surface area contributed by atoms with Gasteiger partial charge >= 0.3 is 17.9 Å². The number of carbonyl (C=O) groups is 6. The molecule has 47 heavy (non-hydrogen) atoms. The van der Waals surface area contributed by atoms with Gasteiger partial charge in [0.2, 0.25) is 12.2 Å². The van der Waals surface area contributed by atoms with E-state index in [1.54, 1.807) is 12.1 Å². The summed E-state index contributed by atoms with van der Waals surface area (Å²) in [5, 5.41) is 13.6. The lowest BCUT2D eigenvalue weighted by molar-refractivity contribution is -0.159. The van der Waals surface area contributed by atoms with Crippen LogP contribution in [0.4, 0.5) is 5.69 Å². The number of carbonyl (C=O) groups excluding carboxylic acids is 5. The first-order chi connectivity index (χ1) is 22.4. The lowest BCUT2D eigenvalue weighted by Crippen LogP contribution is -2.54. The summed E-state index contributed by atoms with van der Waals surface area (Å²) in [6.07, 6.45) is -4.63. The molecule has 0 aromatic heterocycles. The molecule has 0 unspecified atom stereocenters. The molecule has 4 aromatic carbocycles. The van der Waals surface area contributed by atoms with Crippen molar-refractivity contribution in [3.63, 3.8) is 0 Å². The van der Waals surface area contributed by atoms with Gasteiger partial charge in [0.1, 0.15) is 0 Å². The van der Waals surface area contributed by atoms with E-state index in [1.807, 2.05) is 5.43 Å². The van der Waals surface area contributed by atoms with Gasteiger partial charge in [0.15, 0.2) is 0 Å². The van der Waals surface area contributed by atoms with Crippen molar-refractivity contribution in [3.8, 4) is 0 Å². The zero-order valence-electron chi connectivity index (χ0n) is 23.7. The van der Waals surface area contributed by atoms with Crippen LogP contribution in [0.1, 0.15) is 41.4 Å². The SMILES string of the molecule is O=C(NNC(=O)[C@@H](OC(=O)c1ccc(Cl)cc1)[C@@H](OC(=O)c1ccc(Cl)cc1)C(=O)O)c1ccc(NC(=O)c2ccc(Cl)cc2)cc1. The molecule has 0 saturated carbocycles. The molecule has 0 aliphatic heterocycles. The van der Waals surface area contributed by atoms with Crippen LogP contribution in [0.15, 0.2) is 97.1 Å². The van der Waals surface area contributed by atoms with Crippen LogP contribution >= 0.6 is 34.8 Å². The standard InChI is InChI=1S/C32H22Cl3N3O9/c33-21-9-1-17(2-10-21)27(39)36-24-15-7-18(8-16-24)28(40)37-38-29(41)25(46-31(44)19-3-11-22(34)12-4-19)26(30(42)43)47-32(45)20-5-13-23(35)14-6-20/h1-16,25-26H,(H,36,39)(H,37,40)(H,38,41)(H,42,43)/t25-,26+/m0/s1. The number of esters is 2. The second-order valence-electron chi connectivity index (χ2n) is 9.49. The Bertz CT molecular complexity index is 1800. The Morgan fingerprint density at radius 1 is 0.511 bits per heavy atom. The molecule has 0 spiro atoms. The number of hydrogen-bond acceptors (Lipinski definition) is 8. The number of carboxylic acid groups (broad SMARTS) is 1. The highest BCUT2D eigenvalue weighted by atomic mass is 35.5. The smallest absolute Gasteiger partial charge is 0.349 e. The van der Waals surface area contributed by atoms with Crippen molar-refractivity contribution in [1.82, 2.24) is 10.9 Å². The van der Waals surface area contributed by atoms with Crippen molar-refractivity contribution in [2.75, 3.05) is 5.32 Å². The quantitative estimate of drug-likeness (QED) is 0.128. The number of carboxylic acids is 1. The number of halogens is 3. The second kappa shape index (κ2) is 15.7. The predicted molar refractivity (Wildman–Crippen MR) is 170 cm³/mol. The molecule has 0 heterocycles. The van der Waals surface area contributed by atoms with E-state index < -0.39 is 47.8 Å². The third-order valence-electron chi connectivity index (χ3n) is 6.22. The molecule has 3 amide bonds. The normalized spacial score (nSPS) is 11.7. The van der Waals surface area contributed by atoms with E-state index >= 15 is 0 Å². The predicted octanol–water partition coefficient (Wildman–Crippen LogP) is 5.20. The Balaban J connectivity index is 1.47. The number of hydrogen-bond donors (Lipinski definition) is 4. The van der Waals surface area contributed by atoms with Gasteiger partial charge in [-0.1, -0.05) is 34.8 Å². The second-order valence-corrected chi connectivity index (χ2v) is 10.8. The molecule has 4 N–H and O–H groups in total. The summed E-state index contributed by atoms with van der Waals surface area (Å²) in [5.74, 6) is -6.78. The number of ether oxygens (including phenoxy) is 2. The molecule has 0 aliphatic rings. The van der Waals surface area contributed by atoms with Gasteiger partial charge in [0.05, 0.1) is 11.1 Å². The third-order valence-corrected chi connectivity index (χ3v) is 6.97. The summed E-state index contributed by atoms with van der Waals surface area (Å²) >= 11 is 17.5. The molecular formula is C32H22Cl3N3O9. The lowest BCUT2D eigenvalue weighted by atomic mass is 10.1. The number of benzene rings is 4. The van der Waals surface area contributed by atoms with Crippen LogP contribution in [-0.4, -0.2) is 52.9 Å². The molecule has 4 aromatic rings. The van der Waals surface area contributed by atoms with Crippen molar-refractivity contribution >= 4 is 76.1 Å². The summed E-state index contributed by atoms with van der Waals surface area (Å²) in [4.78, 5) is 76.1. The first kappa shape index (κ1) is 34.4. The number of nitrogens with one attached hydrogen (secondary N) is 3. The number of aliphatic carboxylic acids is 1. The van der Waals surface area contributed by atoms with Gasteiger partial charge in [0, 0.05) is 31.9 Å². The van der Waals surface area contributed by atoms with Crippen LogP contribution < -0.4 is 16.2 Å². The first-order valence-electron chi connectivity index (χ1n) is 13.3. The molecule has 12 nitrogen and oxygen atoms in total. The minimum Gasteiger partial charge on any atom is -0.478 e. The monoisotopic (exact) mass is 697 g/mol. The van der Waals surface area contributed by atoms with Gasteiger partial charge in [-0.05, 0) is 97.1 Å². The van der Waals surface area contributed by atoms with E-state index in [-0.39, 0.29) is 21.7 Å². The lowest BCUT2D eigenvalue weighted by Gasteiger charge is -2.23. The average Bonchev–Trinajstić information content (AvgIpc) is 3.06. The van der Waals surface area contributed by atoms with Gasteiger partial charge in [-0.2, -0.15) is 0 Å². The summed E-state index contributed by atoms with van der Waals surface area (Å²) in [7, 11) is 0. The molecule has 0 bridgehead atoms. The van der Waals surface area contributed by atoms with E-state index in [9.17, 15) is 33.9 Å². The highest BCUT2D eigenvalue weighted by Crippen LogP contribution is 2.17. The fourth-order valence-corrected chi connectivity index (χ4v) is 4.18. The molecule has 0 saturated heterocycles. The Morgan fingerprint density at radius 3 is 1.34 bits per heavy atom. The maximum atomic E-state index is 13.2. The van der Waals surface area contributed by atoms with Crippen LogP contribution in [0.3, 0.4) is 0 Å². The van der Waals surface area contributed by atoms with Crippen LogP contribution in [0.2, 0.25) is 15.1 Å². The summed E-state index contributed by atoms with van der Waals surface area (Å²) < 4.78 is 10.2. The zero-order valence-corrected chi connectivity index (χ0v) is 26.0. The minimum atomic E-state index is -2.35. The molecule has 240 valence electrons. The first-order valence-corrected chi connectivity index (χ1v) is 14.5. The fraction of sp³-hybridized carbons (Fsp3) is 0.0625. The van der Waals surface area contributed by atoms with Gasteiger partial charge in [0.25, 0.3) is 17.7 Å². The number of amides is 3. The summed E-state index contributed by atoms with van der Waals surface area (Å²) in [6, 6.07) is 22.2. The fourth-order valence-electron chi connectivity index (χ4n) is 3.80. The van der Waals surface area contributed by atoms with E-state index in [2.05, 4.69) is 10.7 Å². The maximum absolute atomic E-state index is 13.2. The van der Waals surface area contributed by atoms with Crippen molar-refractivity contribution in [2.24, 2.45) is 0 Å². The van der Waals surface area contributed by atoms with E-state index in [1.165, 1.54) is 84.9 Å². The largest absolute Gasteiger partial charge is 0.478 e. The Morgan fingerprint density at radius 2 is 0.894 bits per heavy atom. The van der Waals surface area contributed by atoms with Gasteiger partial charge in [-0.15, -0.1) is 0 Å². The Hall–Kier alpha value is -5.43. The average molecular weight is 699 g/mol. The van der Waals surface area contributed by atoms with Crippen LogP contribution in [-0.2, 0) is 19.1 Å². The molecule has 0 fully saturated rings. The number of rotatable bonds is 10. The van der Waals surface area contributed by atoms with E-state index in [4.69, 9.17) is 44.3 Å². The maximum Gasteiger partial charge on any atom is 0.349 e. The van der Waals surface area contributed by atoms with Crippen molar-refractivity contribution < 1.29 is 43.3 Å². The molecular weight excluding hydrogens is 677 g/mol. The van der Waals surface area contributed by atoms with Crippen LogP contribution in [0.5, 0.6) is 0 Å². The summed E-state index contributed by atoms with van der Waals surface area (Å²) in [6.45, 7) is 0. The van der Waals surface area contributed by atoms with Gasteiger partial charge in [-0.25, -0.2) is 14.4 Å². The molecule has 2 atom stereocenters. The zero-order chi connectivity index (χ0) is 34.1. The summed E-state index contributed by atoms with van der Waals surface area (Å²) in [5.41, 5.74) is 4.58. The highest BCUT2D eigenvalue weighted by Gasteiger charge is 2.41. The molecule has 0 radical (unpaired) electrons. The molecule has 4 rings (SSSR count). The van der Waals surface area contributed by atoms with Crippen LogP contribution in [0.25, 0.3) is 0 Å². The van der Waals surface area contributed by atoms with Crippen LogP contribution in [0, 0.1) is 0 Å². The van der Waals surface area contributed by atoms with Crippen molar-refractivity contribution in [1.29, 1.82) is 0 Å². The van der Waals surface area contributed by atoms with E-state index in [0.717, 1.165) is 0 Å². The van der Waals surface area contributed by atoms with Gasteiger partial charge < -0.3 is 19.9 Å². The third kappa shape index (κ3) is 9.53. The highest BCUT2D eigenvalue weighted by molar-refractivity contribution is 6.31. The topological polar surface area (TPSA) is 177 Å². The Labute approximate surface area is 281 Å². The van der Waals surface area contributed by atoms with Gasteiger partial charge in [-0.3, -0.25) is 25.2 Å². The number of anilines is 1.